The number of carboxylic acid groups (broad SMARTS) is 1. The molecule has 1 N–H and O–H groups in total. The summed E-state index contributed by atoms with van der Waals surface area (Å²) >= 11 is 0. The highest BCUT2D eigenvalue weighted by Crippen LogP contribution is 2.19. The van der Waals surface area contributed by atoms with Crippen molar-refractivity contribution in [1.82, 2.24) is 4.90 Å². The topological polar surface area (TPSA) is 57.6 Å². The Hall–Kier alpha value is -1.84. The number of nitrogens with zero attached hydrogens (tertiary/aromatic N) is 1. The molecule has 1 amide bonds. The molecule has 1 aliphatic heterocycles. The summed E-state index contributed by atoms with van der Waals surface area (Å²) in [6, 6.07) is 9.50. The molecule has 1 atom stereocenters. The fourth-order valence-electron chi connectivity index (χ4n) is 2.74. The molecule has 1 aromatic carbocycles. The predicted octanol–water partition coefficient (Wildman–Crippen LogP) is 2.58. The van der Waals surface area contributed by atoms with E-state index in [1.54, 1.807) is 0 Å². The van der Waals surface area contributed by atoms with Crippen LogP contribution in [0.3, 0.4) is 0 Å². The fourth-order valence-corrected chi connectivity index (χ4v) is 2.74. The van der Waals surface area contributed by atoms with Crippen molar-refractivity contribution in [2.75, 3.05) is 13.1 Å². The van der Waals surface area contributed by atoms with Crippen molar-refractivity contribution in [2.45, 2.75) is 32.6 Å². The molecule has 4 heteroatoms. The van der Waals surface area contributed by atoms with Gasteiger partial charge >= 0.3 is 5.97 Å². The summed E-state index contributed by atoms with van der Waals surface area (Å²) in [7, 11) is 0. The van der Waals surface area contributed by atoms with Crippen LogP contribution in [0.5, 0.6) is 0 Å². The summed E-state index contributed by atoms with van der Waals surface area (Å²) in [6.45, 7) is 3.71. The Labute approximate surface area is 125 Å². The average Bonchev–Trinajstić information content (AvgIpc) is 2.48. The van der Waals surface area contributed by atoms with E-state index >= 15 is 0 Å². The zero-order chi connectivity index (χ0) is 15.2. The van der Waals surface area contributed by atoms with Gasteiger partial charge in [0.05, 0.1) is 5.92 Å². The minimum atomic E-state index is -0.891. The number of hydrogen-bond donors (Lipinski definition) is 1. The number of carboxylic acids is 1. The van der Waals surface area contributed by atoms with Gasteiger partial charge in [-0.15, -0.1) is 0 Å². The van der Waals surface area contributed by atoms with Crippen molar-refractivity contribution in [3.8, 4) is 0 Å². The molecular weight excluding hydrogens is 266 g/mol. The van der Waals surface area contributed by atoms with Crippen molar-refractivity contribution in [3.05, 3.63) is 35.9 Å². The average molecular weight is 289 g/mol. The van der Waals surface area contributed by atoms with E-state index in [-0.39, 0.29) is 12.3 Å². The van der Waals surface area contributed by atoms with Gasteiger partial charge in [-0.1, -0.05) is 37.3 Å². The van der Waals surface area contributed by atoms with Gasteiger partial charge in [0.2, 0.25) is 5.91 Å². The maximum absolute atomic E-state index is 12.3. The van der Waals surface area contributed by atoms with Gasteiger partial charge in [-0.05, 0) is 30.7 Å². The Bertz CT molecular complexity index is 478. The lowest BCUT2D eigenvalue weighted by Gasteiger charge is -2.31. The predicted molar refractivity (Wildman–Crippen MR) is 80.9 cm³/mol. The van der Waals surface area contributed by atoms with Crippen molar-refractivity contribution in [3.63, 3.8) is 0 Å². The normalized spacial score (nSPS) is 17.5. The van der Waals surface area contributed by atoms with Crippen LogP contribution in [0.4, 0.5) is 0 Å². The van der Waals surface area contributed by atoms with E-state index < -0.39 is 11.9 Å². The van der Waals surface area contributed by atoms with E-state index in [1.165, 1.54) is 0 Å². The minimum absolute atomic E-state index is 0.0229. The summed E-state index contributed by atoms with van der Waals surface area (Å²) in [5.74, 6) is -0.893. The number of aliphatic carboxylic acids is 1. The molecule has 1 aliphatic rings. The molecule has 0 unspecified atom stereocenters. The number of likely N-dealkylation sites (tertiary alicyclic amines) is 1. The SMILES string of the molecule is CC1CCN(C(=O)C[C@H](Cc2ccccc2)C(=O)O)CC1. The van der Waals surface area contributed by atoms with Gasteiger partial charge in [-0.3, -0.25) is 9.59 Å². The van der Waals surface area contributed by atoms with E-state index in [0.29, 0.717) is 12.3 Å². The van der Waals surface area contributed by atoms with Crippen LogP contribution in [-0.4, -0.2) is 35.0 Å². The summed E-state index contributed by atoms with van der Waals surface area (Å²) < 4.78 is 0. The minimum Gasteiger partial charge on any atom is -0.481 e. The van der Waals surface area contributed by atoms with Crippen LogP contribution in [0, 0.1) is 11.8 Å². The van der Waals surface area contributed by atoms with Crippen LogP contribution in [0.1, 0.15) is 31.7 Å². The number of benzene rings is 1. The van der Waals surface area contributed by atoms with Gasteiger partial charge in [-0.25, -0.2) is 0 Å². The van der Waals surface area contributed by atoms with Crippen LogP contribution in [0.15, 0.2) is 30.3 Å². The Morgan fingerprint density at radius 3 is 2.43 bits per heavy atom. The molecule has 0 spiro atoms. The van der Waals surface area contributed by atoms with Crippen molar-refractivity contribution in [2.24, 2.45) is 11.8 Å². The lowest BCUT2D eigenvalue weighted by molar-refractivity contribution is -0.146. The zero-order valence-corrected chi connectivity index (χ0v) is 12.5. The van der Waals surface area contributed by atoms with E-state index in [1.807, 2.05) is 35.2 Å². The molecular formula is C17H23NO3. The number of rotatable bonds is 5. The highest BCUT2D eigenvalue weighted by Gasteiger charge is 2.26. The van der Waals surface area contributed by atoms with Crippen LogP contribution < -0.4 is 0 Å². The molecule has 1 saturated heterocycles. The van der Waals surface area contributed by atoms with E-state index in [9.17, 15) is 14.7 Å². The van der Waals surface area contributed by atoms with E-state index in [0.717, 1.165) is 31.5 Å². The van der Waals surface area contributed by atoms with Crippen molar-refractivity contribution >= 4 is 11.9 Å². The number of carbonyl (C=O) groups excluding carboxylic acids is 1. The Morgan fingerprint density at radius 2 is 1.86 bits per heavy atom. The molecule has 1 heterocycles. The maximum atomic E-state index is 12.3. The van der Waals surface area contributed by atoms with Gasteiger partial charge < -0.3 is 10.0 Å². The number of amides is 1. The second-order valence-corrected chi connectivity index (χ2v) is 5.99. The molecule has 0 aromatic heterocycles. The number of hydrogen-bond acceptors (Lipinski definition) is 2. The van der Waals surface area contributed by atoms with Crippen molar-refractivity contribution < 1.29 is 14.7 Å². The lowest BCUT2D eigenvalue weighted by atomic mass is 9.94. The van der Waals surface area contributed by atoms with E-state index in [4.69, 9.17) is 0 Å². The van der Waals surface area contributed by atoms with Crippen LogP contribution in [-0.2, 0) is 16.0 Å². The first-order chi connectivity index (χ1) is 10.1. The second kappa shape index (κ2) is 7.25. The molecule has 0 saturated carbocycles. The number of carbonyl (C=O) groups is 2. The monoisotopic (exact) mass is 289 g/mol. The molecule has 114 valence electrons. The zero-order valence-electron chi connectivity index (χ0n) is 12.5. The van der Waals surface area contributed by atoms with Crippen LogP contribution in [0.25, 0.3) is 0 Å². The lowest BCUT2D eigenvalue weighted by Crippen LogP contribution is -2.39. The first kappa shape index (κ1) is 15.5. The van der Waals surface area contributed by atoms with Gasteiger partial charge in [0, 0.05) is 19.5 Å². The van der Waals surface area contributed by atoms with Crippen LogP contribution in [0.2, 0.25) is 0 Å². The van der Waals surface area contributed by atoms with Gasteiger partial charge in [0.25, 0.3) is 0 Å². The molecule has 2 rings (SSSR count). The Balaban J connectivity index is 1.93. The molecule has 1 fully saturated rings. The highest BCUT2D eigenvalue weighted by molar-refractivity contribution is 5.82. The van der Waals surface area contributed by atoms with Crippen molar-refractivity contribution in [1.29, 1.82) is 0 Å². The third-order valence-electron chi connectivity index (χ3n) is 4.23. The highest BCUT2D eigenvalue weighted by atomic mass is 16.4. The van der Waals surface area contributed by atoms with Crippen LogP contribution >= 0.6 is 0 Å². The second-order valence-electron chi connectivity index (χ2n) is 5.99. The molecule has 1 aromatic rings. The maximum Gasteiger partial charge on any atom is 0.307 e. The summed E-state index contributed by atoms with van der Waals surface area (Å²) in [4.78, 5) is 25.5. The summed E-state index contributed by atoms with van der Waals surface area (Å²) in [6.07, 6.45) is 2.54. The Kier molecular flexibility index (Phi) is 5.37. The van der Waals surface area contributed by atoms with Gasteiger partial charge in [0.1, 0.15) is 0 Å². The molecule has 0 bridgehead atoms. The number of piperidine rings is 1. The van der Waals surface area contributed by atoms with E-state index in [2.05, 4.69) is 6.92 Å². The molecule has 0 radical (unpaired) electrons. The first-order valence-corrected chi connectivity index (χ1v) is 7.60. The van der Waals surface area contributed by atoms with Gasteiger partial charge in [-0.2, -0.15) is 0 Å². The largest absolute Gasteiger partial charge is 0.481 e. The Morgan fingerprint density at radius 1 is 1.24 bits per heavy atom. The fraction of sp³-hybridized carbons (Fsp3) is 0.529. The third kappa shape index (κ3) is 4.59. The van der Waals surface area contributed by atoms with Gasteiger partial charge in [0.15, 0.2) is 0 Å². The first-order valence-electron chi connectivity index (χ1n) is 7.60. The standard InChI is InChI=1S/C17H23NO3/c1-13-7-9-18(10-8-13)16(19)12-15(17(20)21)11-14-5-3-2-4-6-14/h2-6,13,15H,7-12H2,1H3,(H,20,21)/t15-/m0/s1. The molecule has 4 nitrogen and oxygen atoms in total. The summed E-state index contributed by atoms with van der Waals surface area (Å²) in [5, 5.41) is 9.35. The smallest absolute Gasteiger partial charge is 0.307 e. The quantitative estimate of drug-likeness (QED) is 0.906. The molecule has 0 aliphatic carbocycles. The summed E-state index contributed by atoms with van der Waals surface area (Å²) in [5.41, 5.74) is 0.963. The molecule has 21 heavy (non-hydrogen) atoms. The third-order valence-corrected chi connectivity index (χ3v) is 4.23.